The quantitative estimate of drug-likeness (QED) is 0.639. The summed E-state index contributed by atoms with van der Waals surface area (Å²) in [5.41, 5.74) is 1.27. The van der Waals surface area contributed by atoms with Gasteiger partial charge in [0.15, 0.2) is 6.79 Å². The average molecular weight is 250 g/mol. The number of ether oxygens (including phenoxy) is 2. The molecule has 1 heterocycles. The van der Waals surface area contributed by atoms with E-state index in [4.69, 9.17) is 9.47 Å². The Hall–Kier alpha value is -1.26. The SMILES string of the molecule is CCOCOc1ccc(N2CCCNCC2)cc1. The van der Waals surface area contributed by atoms with Crippen LogP contribution in [0.2, 0.25) is 0 Å². The molecule has 0 aromatic heterocycles. The maximum Gasteiger partial charge on any atom is 0.189 e. The Morgan fingerprint density at radius 3 is 2.78 bits per heavy atom. The Morgan fingerprint density at radius 2 is 2.00 bits per heavy atom. The molecule has 0 atom stereocenters. The van der Waals surface area contributed by atoms with Crippen molar-refractivity contribution in [3.05, 3.63) is 24.3 Å². The van der Waals surface area contributed by atoms with Gasteiger partial charge in [-0.1, -0.05) is 0 Å². The molecular weight excluding hydrogens is 228 g/mol. The van der Waals surface area contributed by atoms with E-state index in [2.05, 4.69) is 22.3 Å². The normalized spacial score (nSPS) is 16.4. The van der Waals surface area contributed by atoms with Crippen LogP contribution >= 0.6 is 0 Å². The topological polar surface area (TPSA) is 33.7 Å². The van der Waals surface area contributed by atoms with Crippen LogP contribution in [0.25, 0.3) is 0 Å². The number of nitrogens with one attached hydrogen (secondary N) is 1. The fourth-order valence-electron chi connectivity index (χ4n) is 2.05. The lowest BCUT2D eigenvalue weighted by Gasteiger charge is -2.22. The van der Waals surface area contributed by atoms with Crippen molar-refractivity contribution in [2.45, 2.75) is 13.3 Å². The molecule has 18 heavy (non-hydrogen) atoms. The minimum absolute atomic E-state index is 0.323. The van der Waals surface area contributed by atoms with E-state index in [9.17, 15) is 0 Å². The summed E-state index contributed by atoms with van der Waals surface area (Å²) in [6.45, 7) is 7.32. The molecule has 1 N–H and O–H groups in total. The van der Waals surface area contributed by atoms with E-state index < -0.39 is 0 Å². The lowest BCUT2D eigenvalue weighted by molar-refractivity contribution is 0.0224. The van der Waals surface area contributed by atoms with Gasteiger partial charge in [0.2, 0.25) is 0 Å². The molecule has 0 radical (unpaired) electrons. The number of rotatable bonds is 5. The number of nitrogens with zero attached hydrogens (tertiary/aromatic N) is 1. The predicted molar refractivity (Wildman–Crippen MR) is 73.3 cm³/mol. The molecule has 0 saturated carbocycles. The van der Waals surface area contributed by atoms with E-state index in [0.29, 0.717) is 13.4 Å². The molecule has 1 aliphatic heterocycles. The molecule has 100 valence electrons. The first-order chi connectivity index (χ1) is 8.90. The Labute approximate surface area is 109 Å². The van der Waals surface area contributed by atoms with Crippen LogP contribution in [0.5, 0.6) is 5.75 Å². The van der Waals surface area contributed by atoms with E-state index in [-0.39, 0.29) is 0 Å². The second-order valence-electron chi connectivity index (χ2n) is 4.34. The van der Waals surface area contributed by atoms with Gasteiger partial charge in [0, 0.05) is 31.9 Å². The van der Waals surface area contributed by atoms with Gasteiger partial charge < -0.3 is 19.7 Å². The number of benzene rings is 1. The van der Waals surface area contributed by atoms with Crippen LogP contribution in [-0.2, 0) is 4.74 Å². The minimum atomic E-state index is 0.323. The zero-order valence-electron chi connectivity index (χ0n) is 11.0. The Morgan fingerprint density at radius 1 is 1.17 bits per heavy atom. The largest absolute Gasteiger partial charge is 0.468 e. The number of hydrogen-bond donors (Lipinski definition) is 1. The molecule has 0 bridgehead atoms. The van der Waals surface area contributed by atoms with Crippen LogP contribution in [0.3, 0.4) is 0 Å². The highest BCUT2D eigenvalue weighted by molar-refractivity contribution is 5.49. The second kappa shape index (κ2) is 7.24. The van der Waals surface area contributed by atoms with Gasteiger partial charge in [-0.15, -0.1) is 0 Å². The van der Waals surface area contributed by atoms with E-state index >= 15 is 0 Å². The summed E-state index contributed by atoms with van der Waals surface area (Å²) in [4.78, 5) is 2.41. The molecule has 1 aromatic rings. The molecule has 1 aliphatic rings. The Balaban J connectivity index is 1.89. The number of hydrogen-bond acceptors (Lipinski definition) is 4. The molecule has 4 nitrogen and oxygen atoms in total. The Bertz CT molecular complexity index is 332. The summed E-state index contributed by atoms with van der Waals surface area (Å²) in [7, 11) is 0. The van der Waals surface area contributed by atoms with Crippen LogP contribution in [0.15, 0.2) is 24.3 Å². The van der Waals surface area contributed by atoms with Gasteiger partial charge in [-0.3, -0.25) is 0 Å². The lowest BCUT2D eigenvalue weighted by atomic mass is 10.2. The van der Waals surface area contributed by atoms with Crippen molar-refractivity contribution in [3.8, 4) is 5.75 Å². The third-order valence-electron chi connectivity index (χ3n) is 3.06. The third kappa shape index (κ3) is 3.89. The lowest BCUT2D eigenvalue weighted by Crippen LogP contribution is -2.27. The molecule has 1 fully saturated rings. The highest BCUT2D eigenvalue weighted by Crippen LogP contribution is 2.20. The van der Waals surface area contributed by atoms with E-state index in [1.165, 1.54) is 12.1 Å². The van der Waals surface area contributed by atoms with Crippen molar-refractivity contribution < 1.29 is 9.47 Å². The highest BCUT2D eigenvalue weighted by atomic mass is 16.7. The molecule has 1 aromatic carbocycles. The monoisotopic (exact) mass is 250 g/mol. The summed E-state index contributed by atoms with van der Waals surface area (Å²) in [6, 6.07) is 8.25. The summed E-state index contributed by atoms with van der Waals surface area (Å²) < 4.78 is 10.6. The van der Waals surface area contributed by atoms with Gasteiger partial charge in [0.05, 0.1) is 0 Å². The molecule has 1 saturated heterocycles. The summed E-state index contributed by atoms with van der Waals surface area (Å²) in [5.74, 6) is 0.861. The van der Waals surface area contributed by atoms with Gasteiger partial charge in [0.25, 0.3) is 0 Å². The summed E-state index contributed by atoms with van der Waals surface area (Å²) in [6.07, 6.45) is 1.20. The summed E-state index contributed by atoms with van der Waals surface area (Å²) >= 11 is 0. The van der Waals surface area contributed by atoms with Crippen molar-refractivity contribution in [2.75, 3.05) is 44.5 Å². The molecule has 4 heteroatoms. The first-order valence-electron chi connectivity index (χ1n) is 6.66. The van der Waals surface area contributed by atoms with Gasteiger partial charge >= 0.3 is 0 Å². The van der Waals surface area contributed by atoms with Crippen molar-refractivity contribution >= 4 is 5.69 Å². The van der Waals surface area contributed by atoms with E-state index in [1.54, 1.807) is 0 Å². The maximum atomic E-state index is 5.46. The third-order valence-corrected chi connectivity index (χ3v) is 3.06. The van der Waals surface area contributed by atoms with Gasteiger partial charge in [-0.2, -0.15) is 0 Å². The van der Waals surface area contributed by atoms with Crippen molar-refractivity contribution in [2.24, 2.45) is 0 Å². The smallest absolute Gasteiger partial charge is 0.189 e. The van der Waals surface area contributed by atoms with Gasteiger partial charge in [-0.25, -0.2) is 0 Å². The molecule has 0 spiro atoms. The maximum absolute atomic E-state index is 5.46. The van der Waals surface area contributed by atoms with Crippen LogP contribution in [-0.4, -0.2) is 39.6 Å². The first kappa shape index (κ1) is 13.2. The second-order valence-corrected chi connectivity index (χ2v) is 4.34. The standard InChI is InChI=1S/C14H22N2O2/c1-2-17-12-18-14-6-4-13(5-7-14)16-10-3-8-15-9-11-16/h4-7,15H,2-3,8-12H2,1H3. The fourth-order valence-corrected chi connectivity index (χ4v) is 2.05. The van der Waals surface area contributed by atoms with Crippen LogP contribution in [0, 0.1) is 0 Å². The Kier molecular flexibility index (Phi) is 5.30. The minimum Gasteiger partial charge on any atom is -0.468 e. The summed E-state index contributed by atoms with van der Waals surface area (Å²) in [5, 5.41) is 3.41. The predicted octanol–water partition coefficient (Wildman–Crippen LogP) is 1.86. The molecular formula is C14H22N2O2. The highest BCUT2D eigenvalue weighted by Gasteiger charge is 2.09. The fraction of sp³-hybridized carbons (Fsp3) is 0.571. The van der Waals surface area contributed by atoms with Crippen LogP contribution in [0.4, 0.5) is 5.69 Å². The molecule has 2 rings (SSSR count). The van der Waals surface area contributed by atoms with Crippen molar-refractivity contribution in [1.82, 2.24) is 5.32 Å². The van der Waals surface area contributed by atoms with E-state index in [0.717, 1.165) is 31.9 Å². The van der Waals surface area contributed by atoms with Crippen molar-refractivity contribution in [1.29, 1.82) is 0 Å². The van der Waals surface area contributed by atoms with Crippen molar-refractivity contribution in [3.63, 3.8) is 0 Å². The van der Waals surface area contributed by atoms with Gasteiger partial charge in [0.1, 0.15) is 5.75 Å². The van der Waals surface area contributed by atoms with Gasteiger partial charge in [-0.05, 0) is 44.2 Å². The zero-order chi connectivity index (χ0) is 12.6. The van der Waals surface area contributed by atoms with Crippen LogP contribution in [0.1, 0.15) is 13.3 Å². The number of anilines is 1. The zero-order valence-corrected chi connectivity index (χ0v) is 11.0. The average Bonchev–Trinajstić information content (AvgIpc) is 2.69. The molecule has 0 unspecified atom stereocenters. The van der Waals surface area contributed by atoms with E-state index in [1.807, 2.05) is 19.1 Å². The van der Waals surface area contributed by atoms with Crippen LogP contribution < -0.4 is 15.0 Å². The molecule has 0 amide bonds. The first-order valence-corrected chi connectivity index (χ1v) is 6.66. The molecule has 0 aliphatic carbocycles.